The van der Waals surface area contributed by atoms with Crippen molar-refractivity contribution >= 4 is 29.9 Å². The van der Waals surface area contributed by atoms with Crippen molar-refractivity contribution in [1.82, 2.24) is 25.4 Å². The third-order valence-electron chi connectivity index (χ3n) is 4.86. The van der Waals surface area contributed by atoms with Crippen LogP contribution in [0.3, 0.4) is 0 Å². The van der Waals surface area contributed by atoms with E-state index in [0.717, 1.165) is 36.3 Å². The van der Waals surface area contributed by atoms with Crippen LogP contribution in [-0.4, -0.2) is 40.4 Å². The summed E-state index contributed by atoms with van der Waals surface area (Å²) in [5.74, 6) is 4.19. The maximum Gasteiger partial charge on any atom is 0.191 e. The van der Waals surface area contributed by atoms with Crippen LogP contribution in [-0.2, 0) is 20.0 Å². The number of aryl methyl sites for hydroxylation is 1. The molecule has 0 bridgehead atoms. The number of nitrogens with one attached hydrogen (secondary N) is 2. The molecule has 0 aliphatic heterocycles. The predicted molar refractivity (Wildman–Crippen MR) is 118 cm³/mol. The molecule has 2 atom stereocenters. The summed E-state index contributed by atoms with van der Waals surface area (Å²) in [4.78, 5) is 4.69. The van der Waals surface area contributed by atoms with Gasteiger partial charge in [-0.1, -0.05) is 19.1 Å². The maximum absolute atomic E-state index is 5.20. The quantitative estimate of drug-likeness (QED) is 0.359. The molecular formula is C19H29IN6O. The topological polar surface area (TPSA) is 76.4 Å². The molecule has 27 heavy (non-hydrogen) atoms. The van der Waals surface area contributed by atoms with Crippen LogP contribution >= 0.6 is 24.0 Å². The number of methoxy groups -OCH3 is 1. The number of benzene rings is 1. The van der Waals surface area contributed by atoms with E-state index < -0.39 is 0 Å². The molecule has 2 unspecified atom stereocenters. The Morgan fingerprint density at radius 3 is 2.56 bits per heavy atom. The molecule has 148 valence electrons. The second-order valence-corrected chi connectivity index (χ2v) is 6.88. The molecule has 8 heteroatoms. The Hall–Kier alpha value is -1.84. The monoisotopic (exact) mass is 484 g/mol. The van der Waals surface area contributed by atoms with Crippen LogP contribution < -0.4 is 15.4 Å². The number of guanidine groups is 1. The lowest BCUT2D eigenvalue weighted by Crippen LogP contribution is -2.40. The smallest absolute Gasteiger partial charge is 0.191 e. The minimum atomic E-state index is 0. The van der Waals surface area contributed by atoms with Crippen molar-refractivity contribution in [2.45, 2.75) is 39.3 Å². The first-order chi connectivity index (χ1) is 12.6. The molecule has 2 N–H and O–H groups in total. The lowest BCUT2D eigenvalue weighted by molar-refractivity contribution is 0.414. The molecule has 1 aliphatic carbocycles. The molecule has 7 nitrogen and oxygen atoms in total. The van der Waals surface area contributed by atoms with Gasteiger partial charge in [0.05, 0.1) is 7.11 Å². The lowest BCUT2D eigenvalue weighted by Gasteiger charge is -2.12. The number of hydrogen-bond donors (Lipinski definition) is 2. The van der Waals surface area contributed by atoms with Crippen molar-refractivity contribution in [3.8, 4) is 5.75 Å². The molecule has 0 radical (unpaired) electrons. The summed E-state index contributed by atoms with van der Waals surface area (Å²) in [7, 11) is 3.65. The fraction of sp³-hybridized carbons (Fsp3) is 0.526. The van der Waals surface area contributed by atoms with Crippen molar-refractivity contribution in [3.63, 3.8) is 0 Å². The fourth-order valence-corrected chi connectivity index (χ4v) is 2.71. The Kier molecular flexibility index (Phi) is 7.88. The first-order valence-corrected chi connectivity index (χ1v) is 9.09. The van der Waals surface area contributed by atoms with Gasteiger partial charge in [-0.3, -0.25) is 0 Å². The van der Waals surface area contributed by atoms with Crippen molar-refractivity contribution in [1.29, 1.82) is 0 Å². The number of halogens is 1. The molecule has 0 amide bonds. The second kappa shape index (κ2) is 9.91. The molecule has 1 aromatic carbocycles. The number of aliphatic imine (C=N–C) groups is 1. The van der Waals surface area contributed by atoms with E-state index >= 15 is 0 Å². The molecule has 1 aromatic heterocycles. The van der Waals surface area contributed by atoms with Gasteiger partial charge in [0, 0.05) is 19.6 Å². The van der Waals surface area contributed by atoms with Crippen LogP contribution in [0, 0.1) is 12.8 Å². The van der Waals surface area contributed by atoms with E-state index in [1.54, 1.807) is 7.11 Å². The number of ether oxygens (including phenoxy) is 1. The largest absolute Gasteiger partial charge is 0.497 e. The van der Waals surface area contributed by atoms with Gasteiger partial charge in [-0.05, 0) is 43.4 Å². The van der Waals surface area contributed by atoms with Gasteiger partial charge >= 0.3 is 0 Å². The van der Waals surface area contributed by atoms with Crippen molar-refractivity contribution < 1.29 is 4.74 Å². The average molecular weight is 484 g/mol. The Morgan fingerprint density at radius 2 is 2.00 bits per heavy atom. The maximum atomic E-state index is 5.20. The number of rotatable bonds is 7. The molecule has 1 heterocycles. The first-order valence-electron chi connectivity index (χ1n) is 9.09. The molecule has 1 saturated carbocycles. The molecule has 1 aliphatic rings. The molecule has 1 fully saturated rings. The molecule has 0 saturated heterocycles. The van der Waals surface area contributed by atoms with Crippen LogP contribution in [0.25, 0.3) is 0 Å². The second-order valence-electron chi connectivity index (χ2n) is 6.88. The summed E-state index contributed by atoms with van der Waals surface area (Å²) < 4.78 is 7.17. The summed E-state index contributed by atoms with van der Waals surface area (Å²) in [6, 6.07) is 8.69. The third kappa shape index (κ3) is 6.08. The number of nitrogens with zero attached hydrogens (tertiary/aromatic N) is 4. The van der Waals surface area contributed by atoms with E-state index in [0.29, 0.717) is 18.5 Å². The molecular weight excluding hydrogens is 455 g/mol. The minimum Gasteiger partial charge on any atom is -0.497 e. The number of aromatic nitrogens is 3. The Morgan fingerprint density at radius 1 is 1.30 bits per heavy atom. The highest BCUT2D eigenvalue weighted by Gasteiger charge is 2.33. The average Bonchev–Trinajstić information content (AvgIpc) is 3.25. The fourth-order valence-electron chi connectivity index (χ4n) is 2.71. The molecule has 2 aromatic rings. The van der Waals surface area contributed by atoms with Gasteiger partial charge in [0.2, 0.25) is 0 Å². The lowest BCUT2D eigenvalue weighted by atomic mass is 10.1. The van der Waals surface area contributed by atoms with Crippen LogP contribution in [0.15, 0.2) is 29.3 Å². The summed E-state index contributed by atoms with van der Waals surface area (Å²) in [5.41, 5.74) is 1.27. The van der Waals surface area contributed by atoms with Crippen LogP contribution in [0.4, 0.5) is 0 Å². The normalized spacial score (nSPS) is 18.6. The van der Waals surface area contributed by atoms with Crippen molar-refractivity contribution in [2.75, 3.05) is 13.7 Å². The van der Waals surface area contributed by atoms with E-state index in [-0.39, 0.29) is 24.0 Å². The Balaban J connectivity index is 0.00000261. The van der Waals surface area contributed by atoms with Gasteiger partial charge in [-0.25, -0.2) is 4.99 Å². The SMILES string of the molecule is COc1ccc(CCNC(=NCc2nnc(C)n2C)NC2CC2C)cc1.I. The summed E-state index contributed by atoms with van der Waals surface area (Å²) in [6.45, 7) is 5.52. The van der Waals surface area contributed by atoms with Crippen LogP contribution in [0.1, 0.15) is 30.6 Å². The van der Waals surface area contributed by atoms with Gasteiger partial charge in [0.1, 0.15) is 18.1 Å². The van der Waals surface area contributed by atoms with Gasteiger partial charge in [-0.15, -0.1) is 34.2 Å². The summed E-state index contributed by atoms with van der Waals surface area (Å²) >= 11 is 0. The Bertz CT molecular complexity index is 758. The van der Waals surface area contributed by atoms with Gasteiger partial charge in [0.15, 0.2) is 11.8 Å². The summed E-state index contributed by atoms with van der Waals surface area (Å²) in [5, 5.41) is 15.2. The highest BCUT2D eigenvalue weighted by Crippen LogP contribution is 2.28. The van der Waals surface area contributed by atoms with Gasteiger partial charge < -0.3 is 19.9 Å². The van der Waals surface area contributed by atoms with Crippen molar-refractivity contribution in [3.05, 3.63) is 41.5 Å². The van der Waals surface area contributed by atoms with E-state index in [1.807, 2.05) is 30.7 Å². The van der Waals surface area contributed by atoms with Gasteiger partial charge in [-0.2, -0.15) is 0 Å². The van der Waals surface area contributed by atoms with Crippen molar-refractivity contribution in [2.24, 2.45) is 18.0 Å². The van der Waals surface area contributed by atoms with E-state index in [1.165, 1.54) is 12.0 Å². The first kappa shape index (κ1) is 21.5. The summed E-state index contributed by atoms with van der Waals surface area (Å²) in [6.07, 6.45) is 2.12. The minimum absolute atomic E-state index is 0. The molecule has 0 spiro atoms. The van der Waals surface area contributed by atoms with E-state index in [4.69, 9.17) is 9.73 Å². The molecule has 3 rings (SSSR count). The highest BCUT2D eigenvalue weighted by molar-refractivity contribution is 14.0. The zero-order valence-corrected chi connectivity index (χ0v) is 18.7. The van der Waals surface area contributed by atoms with Gasteiger partial charge in [0.25, 0.3) is 0 Å². The zero-order chi connectivity index (χ0) is 18.5. The Labute approximate surface area is 178 Å². The zero-order valence-electron chi connectivity index (χ0n) is 16.4. The standard InChI is InChI=1S/C19H28N6O.HI/c1-13-11-17(13)22-19(21-12-18-24-23-14(2)25(18)3)20-10-9-15-5-7-16(26-4)8-6-15;/h5-8,13,17H,9-12H2,1-4H3,(H2,20,21,22);1H. The van der Waals surface area contributed by atoms with Crippen LogP contribution in [0.2, 0.25) is 0 Å². The van der Waals surface area contributed by atoms with E-state index in [9.17, 15) is 0 Å². The number of hydrogen-bond acceptors (Lipinski definition) is 4. The third-order valence-corrected chi connectivity index (χ3v) is 4.86. The van der Waals surface area contributed by atoms with Crippen LogP contribution in [0.5, 0.6) is 5.75 Å². The highest BCUT2D eigenvalue weighted by atomic mass is 127. The van der Waals surface area contributed by atoms with E-state index in [2.05, 4.69) is 39.9 Å². The predicted octanol–water partition coefficient (Wildman–Crippen LogP) is 2.44.